The maximum atomic E-state index is 9.79. The molecule has 1 aromatic rings. The highest BCUT2D eigenvalue weighted by molar-refractivity contribution is 6.30. The number of anilines is 1. The number of halogens is 1. The fourth-order valence-electron chi connectivity index (χ4n) is 3.09. The molecule has 0 atom stereocenters. The summed E-state index contributed by atoms with van der Waals surface area (Å²) < 4.78 is 0. The Bertz CT molecular complexity index is 382. The van der Waals surface area contributed by atoms with Gasteiger partial charge >= 0.3 is 0 Å². The molecule has 0 bridgehead atoms. The van der Waals surface area contributed by atoms with Gasteiger partial charge < -0.3 is 10.4 Å². The second-order valence-electron chi connectivity index (χ2n) is 5.80. The molecule has 1 aliphatic rings. The van der Waals surface area contributed by atoms with Gasteiger partial charge in [-0.15, -0.1) is 0 Å². The number of nitrogens with one attached hydrogen (secondary N) is 1. The second-order valence-corrected chi connectivity index (χ2v) is 6.24. The Balaban J connectivity index is 1.98. The molecular weight excluding hydrogens is 258 g/mol. The van der Waals surface area contributed by atoms with Crippen LogP contribution in [0.1, 0.15) is 45.4 Å². The van der Waals surface area contributed by atoms with Crippen molar-refractivity contribution in [3.63, 3.8) is 0 Å². The molecule has 0 radical (unpaired) electrons. The van der Waals surface area contributed by atoms with Crippen LogP contribution in [-0.2, 0) is 0 Å². The molecule has 2 rings (SSSR count). The fourth-order valence-corrected chi connectivity index (χ4v) is 3.22. The number of rotatable bonds is 5. The molecule has 1 aromatic carbocycles. The van der Waals surface area contributed by atoms with Crippen LogP contribution in [0.25, 0.3) is 0 Å². The van der Waals surface area contributed by atoms with E-state index in [0.717, 1.165) is 29.5 Å². The fraction of sp³-hybridized carbons (Fsp3) is 0.625. The van der Waals surface area contributed by atoms with Gasteiger partial charge in [-0.3, -0.25) is 0 Å². The molecular formula is C16H24ClNO. The van der Waals surface area contributed by atoms with E-state index in [-0.39, 0.29) is 12.1 Å². The standard InChI is InChI=1S/C16H24ClNO/c1-2-3-13-8-10-16(12-19,11-9-13)18-15-6-4-14(17)5-7-15/h4-7,13,18-19H,2-3,8-12H2,1H3. The Hall–Kier alpha value is -0.730. The van der Waals surface area contributed by atoms with Gasteiger partial charge in [-0.1, -0.05) is 31.4 Å². The van der Waals surface area contributed by atoms with Crippen molar-refractivity contribution in [3.05, 3.63) is 29.3 Å². The maximum Gasteiger partial charge on any atom is 0.0661 e. The number of aliphatic hydroxyl groups is 1. The van der Waals surface area contributed by atoms with Crippen LogP contribution < -0.4 is 5.32 Å². The molecule has 0 amide bonds. The zero-order valence-electron chi connectivity index (χ0n) is 11.7. The van der Waals surface area contributed by atoms with Gasteiger partial charge in [0.25, 0.3) is 0 Å². The zero-order valence-corrected chi connectivity index (χ0v) is 12.4. The molecule has 0 unspecified atom stereocenters. The first-order valence-corrected chi connectivity index (χ1v) is 7.70. The third-order valence-electron chi connectivity index (χ3n) is 4.32. The minimum absolute atomic E-state index is 0.141. The normalized spacial score (nSPS) is 27.2. The predicted octanol–water partition coefficient (Wildman–Crippen LogP) is 4.47. The highest BCUT2D eigenvalue weighted by Gasteiger charge is 2.34. The molecule has 0 aromatic heterocycles. The Morgan fingerprint density at radius 3 is 2.42 bits per heavy atom. The van der Waals surface area contributed by atoms with Gasteiger partial charge in [0.2, 0.25) is 0 Å². The smallest absolute Gasteiger partial charge is 0.0661 e. The summed E-state index contributed by atoms with van der Waals surface area (Å²) in [6, 6.07) is 7.74. The molecule has 3 heteroatoms. The summed E-state index contributed by atoms with van der Waals surface area (Å²) in [5, 5.41) is 14.1. The van der Waals surface area contributed by atoms with E-state index in [0.29, 0.717) is 0 Å². The first kappa shape index (κ1) is 14.7. The van der Waals surface area contributed by atoms with Gasteiger partial charge in [-0.25, -0.2) is 0 Å². The highest BCUT2D eigenvalue weighted by Crippen LogP contribution is 2.36. The van der Waals surface area contributed by atoms with Gasteiger partial charge in [0.05, 0.1) is 12.1 Å². The molecule has 106 valence electrons. The molecule has 0 heterocycles. The number of hydrogen-bond acceptors (Lipinski definition) is 2. The van der Waals surface area contributed by atoms with Crippen molar-refractivity contribution in [2.75, 3.05) is 11.9 Å². The summed E-state index contributed by atoms with van der Waals surface area (Å²) in [7, 11) is 0. The minimum Gasteiger partial charge on any atom is -0.394 e. The van der Waals surface area contributed by atoms with Gasteiger partial charge in [-0.05, 0) is 55.9 Å². The molecule has 2 N–H and O–H groups in total. The lowest BCUT2D eigenvalue weighted by atomic mass is 9.75. The molecule has 1 saturated carbocycles. The van der Waals surface area contributed by atoms with Crippen LogP contribution in [0.5, 0.6) is 0 Å². The molecule has 19 heavy (non-hydrogen) atoms. The first-order chi connectivity index (χ1) is 9.17. The van der Waals surface area contributed by atoms with Crippen LogP contribution in [0.4, 0.5) is 5.69 Å². The average molecular weight is 282 g/mol. The van der Waals surface area contributed by atoms with E-state index in [4.69, 9.17) is 11.6 Å². The minimum atomic E-state index is -0.141. The van der Waals surface area contributed by atoms with E-state index in [1.54, 1.807) is 0 Å². The Morgan fingerprint density at radius 2 is 1.89 bits per heavy atom. The number of aliphatic hydroxyl groups excluding tert-OH is 1. The highest BCUT2D eigenvalue weighted by atomic mass is 35.5. The summed E-state index contributed by atoms with van der Waals surface area (Å²) in [4.78, 5) is 0. The summed E-state index contributed by atoms with van der Waals surface area (Å²) >= 11 is 5.90. The third-order valence-corrected chi connectivity index (χ3v) is 4.57. The van der Waals surface area contributed by atoms with Crippen molar-refractivity contribution in [2.45, 2.75) is 51.0 Å². The number of benzene rings is 1. The van der Waals surface area contributed by atoms with E-state index in [9.17, 15) is 5.11 Å². The van der Waals surface area contributed by atoms with Crippen molar-refractivity contribution >= 4 is 17.3 Å². The lowest BCUT2D eigenvalue weighted by Gasteiger charge is -2.40. The topological polar surface area (TPSA) is 32.3 Å². The van der Waals surface area contributed by atoms with Crippen LogP contribution in [0, 0.1) is 5.92 Å². The SMILES string of the molecule is CCCC1CCC(CO)(Nc2ccc(Cl)cc2)CC1. The third kappa shape index (κ3) is 3.87. The molecule has 1 aliphatic carbocycles. The monoisotopic (exact) mass is 281 g/mol. The van der Waals surface area contributed by atoms with Crippen LogP contribution in [0.15, 0.2) is 24.3 Å². The molecule has 1 fully saturated rings. The lowest BCUT2D eigenvalue weighted by molar-refractivity contribution is 0.148. The zero-order chi connectivity index (χ0) is 13.7. The second kappa shape index (κ2) is 6.62. The Kier molecular flexibility index (Phi) is 5.12. The van der Waals surface area contributed by atoms with Gasteiger partial charge in [0.1, 0.15) is 0 Å². The summed E-state index contributed by atoms with van der Waals surface area (Å²) in [6.07, 6.45) is 7.13. The van der Waals surface area contributed by atoms with E-state index >= 15 is 0 Å². The molecule has 0 saturated heterocycles. The van der Waals surface area contributed by atoms with Crippen molar-refractivity contribution < 1.29 is 5.11 Å². The Morgan fingerprint density at radius 1 is 1.26 bits per heavy atom. The van der Waals surface area contributed by atoms with E-state index in [1.165, 1.54) is 25.7 Å². The number of hydrogen-bond donors (Lipinski definition) is 2. The van der Waals surface area contributed by atoms with Crippen molar-refractivity contribution in [2.24, 2.45) is 5.92 Å². The van der Waals surface area contributed by atoms with Crippen LogP contribution >= 0.6 is 11.6 Å². The van der Waals surface area contributed by atoms with E-state index in [1.807, 2.05) is 24.3 Å². The van der Waals surface area contributed by atoms with E-state index in [2.05, 4.69) is 12.2 Å². The van der Waals surface area contributed by atoms with E-state index < -0.39 is 0 Å². The first-order valence-electron chi connectivity index (χ1n) is 7.32. The molecule has 0 spiro atoms. The van der Waals surface area contributed by atoms with Crippen molar-refractivity contribution in [1.82, 2.24) is 0 Å². The van der Waals surface area contributed by atoms with Crippen molar-refractivity contribution in [3.8, 4) is 0 Å². The van der Waals surface area contributed by atoms with Gasteiger partial charge in [0.15, 0.2) is 0 Å². The largest absolute Gasteiger partial charge is 0.394 e. The summed E-state index contributed by atoms with van der Waals surface area (Å²) in [5.41, 5.74) is 0.908. The van der Waals surface area contributed by atoms with Crippen LogP contribution in [0.3, 0.4) is 0 Å². The van der Waals surface area contributed by atoms with Gasteiger partial charge in [-0.2, -0.15) is 0 Å². The maximum absolute atomic E-state index is 9.79. The summed E-state index contributed by atoms with van der Waals surface area (Å²) in [5.74, 6) is 0.844. The molecule has 2 nitrogen and oxygen atoms in total. The van der Waals surface area contributed by atoms with Crippen LogP contribution in [0.2, 0.25) is 5.02 Å². The quantitative estimate of drug-likeness (QED) is 0.834. The molecule has 0 aliphatic heterocycles. The Labute approximate surface area is 121 Å². The average Bonchev–Trinajstić information content (AvgIpc) is 2.44. The lowest BCUT2D eigenvalue weighted by Crippen LogP contribution is -2.45. The van der Waals surface area contributed by atoms with Crippen LogP contribution in [-0.4, -0.2) is 17.3 Å². The predicted molar refractivity (Wildman–Crippen MR) is 81.8 cm³/mol. The van der Waals surface area contributed by atoms with Crippen molar-refractivity contribution in [1.29, 1.82) is 0 Å². The van der Waals surface area contributed by atoms with Gasteiger partial charge in [0, 0.05) is 10.7 Å². The summed E-state index contributed by atoms with van der Waals surface area (Å²) in [6.45, 7) is 2.45.